The summed E-state index contributed by atoms with van der Waals surface area (Å²) in [4.78, 5) is 9.62. The molecule has 0 bridgehead atoms. The fourth-order valence-electron chi connectivity index (χ4n) is 0.344. The van der Waals surface area contributed by atoms with Crippen LogP contribution in [0.15, 0.2) is 10.5 Å². The van der Waals surface area contributed by atoms with Crippen LogP contribution in [0, 0.1) is 0 Å². The maximum Gasteiger partial charge on any atom is 0.332 e. The zero-order valence-corrected chi connectivity index (χ0v) is 6.84. The summed E-state index contributed by atoms with van der Waals surface area (Å²) < 4.78 is 29.0. The standard InChI is InChI=1S/C5H8O5S/c1-3(5(6)7)4(2)11(8,9)10/h1-2H3,(H,6,7)(H,8,9,10)/b4-3+. The Morgan fingerprint density at radius 2 is 1.64 bits per heavy atom. The minimum absolute atomic E-state index is 0.382. The van der Waals surface area contributed by atoms with Gasteiger partial charge in [0, 0.05) is 0 Å². The van der Waals surface area contributed by atoms with E-state index in [0.29, 0.717) is 0 Å². The number of allylic oxidation sites excluding steroid dienone is 1. The lowest BCUT2D eigenvalue weighted by Gasteiger charge is -1.98. The highest BCUT2D eigenvalue weighted by Crippen LogP contribution is 2.09. The van der Waals surface area contributed by atoms with Crippen LogP contribution in [0.4, 0.5) is 0 Å². The maximum atomic E-state index is 10.3. The Hall–Kier alpha value is -0.880. The van der Waals surface area contributed by atoms with Crippen LogP contribution >= 0.6 is 0 Å². The molecular formula is C5H8O5S. The predicted molar refractivity (Wildman–Crippen MR) is 37.6 cm³/mol. The summed E-state index contributed by atoms with van der Waals surface area (Å²) >= 11 is 0. The van der Waals surface area contributed by atoms with Gasteiger partial charge in [0.1, 0.15) is 0 Å². The van der Waals surface area contributed by atoms with E-state index in [9.17, 15) is 13.2 Å². The van der Waals surface area contributed by atoms with Crippen molar-refractivity contribution in [3.63, 3.8) is 0 Å². The molecule has 0 spiro atoms. The zero-order chi connectivity index (χ0) is 9.23. The van der Waals surface area contributed by atoms with Crippen molar-refractivity contribution < 1.29 is 22.9 Å². The molecule has 0 aliphatic rings. The third-order valence-electron chi connectivity index (χ3n) is 1.24. The molecule has 5 nitrogen and oxygen atoms in total. The second kappa shape index (κ2) is 3.02. The third-order valence-corrected chi connectivity index (χ3v) is 2.32. The van der Waals surface area contributed by atoms with Crippen LogP contribution in [0.1, 0.15) is 13.8 Å². The van der Waals surface area contributed by atoms with Gasteiger partial charge < -0.3 is 5.11 Å². The summed E-state index contributed by atoms with van der Waals surface area (Å²) in [6, 6.07) is 0. The monoisotopic (exact) mass is 180 g/mol. The van der Waals surface area contributed by atoms with Crippen LogP contribution in [0.3, 0.4) is 0 Å². The van der Waals surface area contributed by atoms with Crippen molar-refractivity contribution >= 4 is 16.1 Å². The first kappa shape index (κ1) is 10.1. The van der Waals surface area contributed by atoms with Crippen LogP contribution in [0.2, 0.25) is 0 Å². The van der Waals surface area contributed by atoms with Crippen molar-refractivity contribution in [2.45, 2.75) is 13.8 Å². The fourth-order valence-corrected chi connectivity index (χ4v) is 0.818. The summed E-state index contributed by atoms with van der Waals surface area (Å²) in [6.45, 7) is 2.13. The van der Waals surface area contributed by atoms with Gasteiger partial charge in [0.05, 0.1) is 10.5 Å². The molecule has 0 saturated carbocycles. The predicted octanol–water partition coefficient (Wildman–Crippen LogP) is 0.253. The molecule has 0 aromatic heterocycles. The molecule has 11 heavy (non-hydrogen) atoms. The first-order chi connectivity index (χ1) is 4.76. The molecular weight excluding hydrogens is 172 g/mol. The molecule has 0 amide bonds. The summed E-state index contributed by atoms with van der Waals surface area (Å²) in [5.74, 6) is -1.36. The van der Waals surface area contributed by atoms with Gasteiger partial charge in [0.25, 0.3) is 10.1 Å². The Labute approximate surface area is 64.1 Å². The van der Waals surface area contributed by atoms with Crippen molar-refractivity contribution in [1.82, 2.24) is 0 Å². The van der Waals surface area contributed by atoms with E-state index < -0.39 is 21.0 Å². The number of rotatable bonds is 2. The van der Waals surface area contributed by atoms with Gasteiger partial charge in [-0.05, 0) is 13.8 Å². The Morgan fingerprint density at radius 1 is 1.27 bits per heavy atom. The molecule has 0 aromatic carbocycles. The molecule has 0 aliphatic carbocycles. The number of hydrogen-bond donors (Lipinski definition) is 2. The molecule has 0 saturated heterocycles. The second-order valence-electron chi connectivity index (χ2n) is 1.96. The summed E-state index contributed by atoms with van der Waals surface area (Å²) in [6.07, 6.45) is 0. The molecule has 6 heteroatoms. The highest BCUT2D eigenvalue weighted by atomic mass is 32.2. The van der Waals surface area contributed by atoms with E-state index in [-0.39, 0.29) is 5.57 Å². The molecule has 0 rings (SSSR count). The van der Waals surface area contributed by atoms with E-state index in [2.05, 4.69) is 0 Å². The van der Waals surface area contributed by atoms with Gasteiger partial charge in [-0.1, -0.05) is 0 Å². The highest BCUT2D eigenvalue weighted by molar-refractivity contribution is 7.89. The molecule has 0 aromatic rings. The lowest BCUT2D eigenvalue weighted by Crippen LogP contribution is -2.06. The molecule has 0 heterocycles. The topological polar surface area (TPSA) is 91.7 Å². The van der Waals surface area contributed by atoms with Crippen molar-refractivity contribution in [2.24, 2.45) is 0 Å². The van der Waals surface area contributed by atoms with Crippen LogP contribution < -0.4 is 0 Å². The lowest BCUT2D eigenvalue weighted by atomic mass is 10.3. The quantitative estimate of drug-likeness (QED) is 0.469. The molecule has 0 fully saturated rings. The number of carboxylic acid groups (broad SMARTS) is 1. The normalized spacial score (nSPS) is 14.1. The molecule has 0 radical (unpaired) electrons. The van der Waals surface area contributed by atoms with Crippen molar-refractivity contribution in [2.75, 3.05) is 0 Å². The fraction of sp³-hybridized carbons (Fsp3) is 0.400. The molecule has 64 valence electrons. The first-order valence-corrected chi connectivity index (χ1v) is 4.09. The van der Waals surface area contributed by atoms with Gasteiger partial charge in [-0.3, -0.25) is 4.55 Å². The van der Waals surface area contributed by atoms with Gasteiger partial charge >= 0.3 is 5.97 Å². The van der Waals surface area contributed by atoms with E-state index in [1.54, 1.807) is 0 Å². The van der Waals surface area contributed by atoms with Gasteiger partial charge in [-0.25, -0.2) is 4.79 Å². The Balaban J connectivity index is 5.16. The third kappa shape index (κ3) is 2.69. The first-order valence-electron chi connectivity index (χ1n) is 2.65. The van der Waals surface area contributed by atoms with E-state index in [1.807, 2.05) is 0 Å². The van der Waals surface area contributed by atoms with Crippen LogP contribution in [-0.4, -0.2) is 24.0 Å². The van der Waals surface area contributed by atoms with Gasteiger partial charge in [-0.2, -0.15) is 8.42 Å². The lowest BCUT2D eigenvalue weighted by molar-refractivity contribution is -0.132. The van der Waals surface area contributed by atoms with Gasteiger partial charge in [-0.15, -0.1) is 0 Å². The number of aliphatic carboxylic acids is 1. The minimum Gasteiger partial charge on any atom is -0.478 e. The molecule has 0 atom stereocenters. The highest BCUT2D eigenvalue weighted by Gasteiger charge is 2.15. The number of carboxylic acids is 1. The Morgan fingerprint density at radius 3 is 1.73 bits per heavy atom. The number of carbonyl (C=O) groups is 1. The van der Waals surface area contributed by atoms with Crippen molar-refractivity contribution in [3.05, 3.63) is 10.5 Å². The molecule has 2 N–H and O–H groups in total. The molecule has 0 aliphatic heterocycles. The largest absolute Gasteiger partial charge is 0.478 e. The number of hydrogen-bond acceptors (Lipinski definition) is 3. The summed E-state index contributed by atoms with van der Waals surface area (Å²) in [7, 11) is -4.35. The van der Waals surface area contributed by atoms with Crippen LogP contribution in [0.5, 0.6) is 0 Å². The average Bonchev–Trinajstić information content (AvgIpc) is 1.82. The van der Waals surface area contributed by atoms with Crippen molar-refractivity contribution in [1.29, 1.82) is 0 Å². The Kier molecular flexibility index (Phi) is 2.77. The van der Waals surface area contributed by atoms with E-state index in [4.69, 9.17) is 9.66 Å². The summed E-state index contributed by atoms with van der Waals surface area (Å²) in [5, 5.41) is 8.28. The smallest absolute Gasteiger partial charge is 0.332 e. The maximum absolute atomic E-state index is 10.3. The zero-order valence-electron chi connectivity index (χ0n) is 6.03. The second-order valence-corrected chi connectivity index (χ2v) is 3.52. The summed E-state index contributed by atoms with van der Waals surface area (Å²) in [5.41, 5.74) is -0.382. The van der Waals surface area contributed by atoms with Crippen LogP contribution in [0.25, 0.3) is 0 Å². The van der Waals surface area contributed by atoms with Gasteiger partial charge in [0.15, 0.2) is 0 Å². The van der Waals surface area contributed by atoms with E-state index in [0.717, 1.165) is 13.8 Å². The van der Waals surface area contributed by atoms with E-state index >= 15 is 0 Å². The van der Waals surface area contributed by atoms with Crippen molar-refractivity contribution in [3.8, 4) is 0 Å². The van der Waals surface area contributed by atoms with Gasteiger partial charge in [0.2, 0.25) is 0 Å². The van der Waals surface area contributed by atoms with E-state index in [1.165, 1.54) is 0 Å². The molecule has 0 unspecified atom stereocenters. The van der Waals surface area contributed by atoms with Crippen LogP contribution in [-0.2, 0) is 14.9 Å². The Bertz CT molecular complexity index is 297. The average molecular weight is 180 g/mol. The SMILES string of the molecule is C/C(C(=O)O)=C(/C)S(=O)(=O)O. The minimum atomic E-state index is -4.35.